The number of piperidine rings is 1. The summed E-state index contributed by atoms with van der Waals surface area (Å²) < 4.78 is 8.31. The van der Waals surface area contributed by atoms with Crippen LogP contribution in [0.15, 0.2) is 18.7 Å². The topological polar surface area (TPSA) is 130 Å². The predicted octanol–water partition coefficient (Wildman–Crippen LogP) is 3.21. The van der Waals surface area contributed by atoms with Crippen LogP contribution in [-0.2, 0) is 6.54 Å². The number of aryl methyl sites for hydroxylation is 2. The fourth-order valence-electron chi connectivity index (χ4n) is 4.27. The number of ether oxygens (including phenoxy) is 1. The normalized spacial score (nSPS) is 19.2. The average molecular weight is 434 g/mol. The van der Waals surface area contributed by atoms with E-state index >= 15 is 0 Å². The summed E-state index contributed by atoms with van der Waals surface area (Å²) in [5.74, 6) is 3.21. The molecule has 1 atom stereocenters. The molecule has 1 saturated heterocycles. The van der Waals surface area contributed by atoms with E-state index in [1.54, 1.807) is 12.4 Å². The van der Waals surface area contributed by atoms with Gasteiger partial charge in [-0.25, -0.2) is 19.9 Å². The fourth-order valence-corrected chi connectivity index (χ4v) is 4.27. The molecular weight excluding hydrogens is 406 g/mol. The molecule has 0 amide bonds. The Bertz CT molecular complexity index is 1170. The molecule has 2 N–H and O–H groups in total. The summed E-state index contributed by atoms with van der Waals surface area (Å²) in [6.07, 6.45) is 9.42. The van der Waals surface area contributed by atoms with Crippen molar-refractivity contribution in [2.24, 2.45) is 5.92 Å². The van der Waals surface area contributed by atoms with Crippen LogP contribution in [0.5, 0.6) is 5.88 Å². The van der Waals surface area contributed by atoms with E-state index in [4.69, 9.17) is 20.5 Å². The van der Waals surface area contributed by atoms with Crippen molar-refractivity contribution < 1.29 is 4.74 Å². The Labute approximate surface area is 186 Å². The van der Waals surface area contributed by atoms with E-state index in [0.717, 1.165) is 24.2 Å². The lowest BCUT2D eigenvalue weighted by Gasteiger charge is -2.39. The number of imidazole rings is 1. The number of aromatic nitrogens is 6. The van der Waals surface area contributed by atoms with E-state index in [2.05, 4.69) is 19.9 Å². The van der Waals surface area contributed by atoms with Gasteiger partial charge in [0.25, 0.3) is 0 Å². The van der Waals surface area contributed by atoms with Gasteiger partial charge in [-0.2, -0.15) is 4.98 Å². The van der Waals surface area contributed by atoms with Crippen molar-refractivity contribution in [2.45, 2.75) is 58.6 Å². The minimum atomic E-state index is -0.166. The molecular formula is C22H27N9O. The molecule has 2 aliphatic rings. The van der Waals surface area contributed by atoms with E-state index in [9.17, 15) is 0 Å². The summed E-state index contributed by atoms with van der Waals surface area (Å²) in [4.78, 5) is 24.1. The predicted molar refractivity (Wildman–Crippen MR) is 120 cm³/mol. The Morgan fingerprint density at radius 3 is 2.62 bits per heavy atom. The third kappa shape index (κ3) is 3.59. The molecule has 32 heavy (non-hydrogen) atoms. The van der Waals surface area contributed by atoms with Crippen molar-refractivity contribution in [2.75, 3.05) is 6.54 Å². The summed E-state index contributed by atoms with van der Waals surface area (Å²) in [5, 5.41) is 16.8. The molecule has 10 heteroatoms. The highest BCUT2D eigenvalue weighted by molar-refractivity contribution is 5.99. The van der Waals surface area contributed by atoms with Crippen LogP contribution in [0, 0.1) is 23.7 Å². The van der Waals surface area contributed by atoms with Gasteiger partial charge in [0.05, 0.1) is 12.1 Å². The highest BCUT2D eigenvalue weighted by atomic mass is 16.5. The Morgan fingerprint density at radius 1 is 1.16 bits per heavy atom. The summed E-state index contributed by atoms with van der Waals surface area (Å²) in [5.41, 5.74) is 2.12. The van der Waals surface area contributed by atoms with Crippen LogP contribution in [0.2, 0.25) is 0 Å². The average Bonchev–Trinajstić information content (AvgIpc) is 3.14. The lowest BCUT2D eigenvalue weighted by Crippen LogP contribution is -2.50. The van der Waals surface area contributed by atoms with Crippen molar-refractivity contribution in [3.05, 3.63) is 24.5 Å². The van der Waals surface area contributed by atoms with Crippen LogP contribution in [0.1, 0.15) is 44.9 Å². The van der Waals surface area contributed by atoms with E-state index in [1.807, 2.05) is 23.3 Å². The van der Waals surface area contributed by atoms with Gasteiger partial charge in [-0.3, -0.25) is 10.8 Å². The van der Waals surface area contributed by atoms with Crippen molar-refractivity contribution >= 4 is 22.8 Å². The molecule has 1 aliphatic heterocycles. The number of rotatable bonds is 5. The first-order valence-corrected chi connectivity index (χ1v) is 11.2. The van der Waals surface area contributed by atoms with Crippen molar-refractivity contribution in [3.63, 3.8) is 0 Å². The first-order chi connectivity index (χ1) is 15.5. The second kappa shape index (κ2) is 8.25. The van der Waals surface area contributed by atoms with Gasteiger partial charge in [0.2, 0.25) is 5.88 Å². The summed E-state index contributed by atoms with van der Waals surface area (Å²) in [7, 11) is 0. The van der Waals surface area contributed by atoms with Crippen LogP contribution in [0.4, 0.5) is 0 Å². The molecule has 0 aromatic carbocycles. The van der Waals surface area contributed by atoms with E-state index < -0.39 is 0 Å². The van der Waals surface area contributed by atoms with Gasteiger partial charge in [-0.15, -0.1) is 0 Å². The van der Waals surface area contributed by atoms with Gasteiger partial charge in [0, 0.05) is 31.3 Å². The zero-order valence-electron chi connectivity index (χ0n) is 18.4. The summed E-state index contributed by atoms with van der Waals surface area (Å²) in [6.45, 7) is 5.07. The van der Waals surface area contributed by atoms with Crippen molar-refractivity contribution in [1.29, 1.82) is 10.8 Å². The number of nitrogens with one attached hydrogen (secondary N) is 2. The maximum Gasteiger partial charge on any atom is 0.245 e. The Balaban J connectivity index is 1.43. The molecule has 1 unspecified atom stereocenters. The SMILES string of the molecule is CCn1c(-c2cnc(C)nc2)nc2c(OC3CCC(=N)N(C(=N)C4CCC4)C3)ncnc21. The maximum atomic E-state index is 8.51. The van der Waals surface area contributed by atoms with Crippen LogP contribution < -0.4 is 4.74 Å². The molecule has 0 bridgehead atoms. The number of likely N-dealkylation sites (tertiary alicyclic amines) is 1. The third-order valence-corrected chi connectivity index (χ3v) is 6.33. The largest absolute Gasteiger partial charge is 0.471 e. The highest BCUT2D eigenvalue weighted by Gasteiger charge is 2.33. The van der Waals surface area contributed by atoms with Gasteiger partial charge in [-0.1, -0.05) is 6.42 Å². The molecule has 1 saturated carbocycles. The quantitative estimate of drug-likeness (QED) is 0.467. The van der Waals surface area contributed by atoms with Crippen LogP contribution in [0.25, 0.3) is 22.6 Å². The molecule has 1 aliphatic carbocycles. The molecule has 0 spiro atoms. The van der Waals surface area contributed by atoms with Crippen LogP contribution >= 0.6 is 0 Å². The molecule has 4 heterocycles. The van der Waals surface area contributed by atoms with Gasteiger partial charge >= 0.3 is 0 Å². The van der Waals surface area contributed by atoms with E-state index in [1.165, 1.54) is 12.7 Å². The maximum absolute atomic E-state index is 8.51. The Kier molecular flexibility index (Phi) is 5.28. The van der Waals surface area contributed by atoms with Gasteiger partial charge in [0.15, 0.2) is 11.2 Å². The number of amidine groups is 2. The second-order valence-electron chi connectivity index (χ2n) is 8.40. The van der Waals surface area contributed by atoms with Crippen molar-refractivity contribution in [1.82, 2.24) is 34.4 Å². The Morgan fingerprint density at radius 2 is 1.94 bits per heavy atom. The summed E-state index contributed by atoms with van der Waals surface area (Å²) in [6, 6.07) is 0. The van der Waals surface area contributed by atoms with Gasteiger partial charge < -0.3 is 14.2 Å². The molecule has 5 rings (SSSR count). The standard InChI is InChI=1S/C22H27N9O/c1-3-30-20(15-9-25-13(2)26-10-15)29-18-21(30)27-12-28-22(18)32-16-7-8-17(23)31(11-16)19(24)14-5-4-6-14/h9-10,12,14,16,23-24H,3-8,11H2,1-2H3. The molecule has 10 nitrogen and oxygen atoms in total. The lowest BCUT2D eigenvalue weighted by molar-refractivity contribution is 0.155. The highest BCUT2D eigenvalue weighted by Crippen LogP contribution is 2.32. The number of fused-ring (bicyclic) bond motifs is 1. The first kappa shape index (κ1) is 20.5. The molecule has 166 valence electrons. The van der Waals surface area contributed by atoms with Gasteiger partial charge in [-0.05, 0) is 33.1 Å². The molecule has 2 fully saturated rings. The van der Waals surface area contributed by atoms with Crippen molar-refractivity contribution in [3.8, 4) is 17.3 Å². The molecule has 3 aromatic rings. The minimum Gasteiger partial charge on any atom is -0.471 e. The van der Waals surface area contributed by atoms with Crippen LogP contribution in [-0.4, -0.2) is 58.7 Å². The fraction of sp³-hybridized carbons (Fsp3) is 0.500. The van der Waals surface area contributed by atoms with Crippen LogP contribution in [0.3, 0.4) is 0 Å². The number of nitrogens with zero attached hydrogens (tertiary/aromatic N) is 7. The van der Waals surface area contributed by atoms with E-state index in [-0.39, 0.29) is 12.0 Å². The summed E-state index contributed by atoms with van der Waals surface area (Å²) >= 11 is 0. The number of hydrogen-bond acceptors (Lipinski definition) is 8. The third-order valence-electron chi connectivity index (χ3n) is 6.33. The number of hydrogen-bond donors (Lipinski definition) is 2. The van der Waals surface area contributed by atoms with Gasteiger partial charge in [0.1, 0.15) is 35.8 Å². The zero-order chi connectivity index (χ0) is 22.2. The minimum absolute atomic E-state index is 0.166. The molecule has 0 radical (unpaired) electrons. The second-order valence-corrected chi connectivity index (χ2v) is 8.40. The monoisotopic (exact) mass is 433 g/mol. The Hall–Kier alpha value is -3.43. The zero-order valence-corrected chi connectivity index (χ0v) is 18.4. The molecule has 3 aromatic heterocycles. The van der Waals surface area contributed by atoms with E-state index in [0.29, 0.717) is 60.5 Å². The smallest absolute Gasteiger partial charge is 0.245 e. The lowest BCUT2D eigenvalue weighted by atomic mass is 9.83. The first-order valence-electron chi connectivity index (χ1n) is 11.2.